The van der Waals surface area contributed by atoms with Gasteiger partial charge in [-0.1, -0.05) is 29.8 Å². The Labute approximate surface area is 184 Å². The Balaban J connectivity index is 1.35. The Morgan fingerprint density at radius 3 is 2.52 bits per heavy atom. The minimum atomic E-state index is -0.260. The number of hydrogen-bond donors (Lipinski definition) is 1. The molecule has 0 aliphatic heterocycles. The van der Waals surface area contributed by atoms with Crippen molar-refractivity contribution in [2.45, 2.75) is 6.92 Å². The Hall–Kier alpha value is -3.97. The molecule has 31 heavy (non-hydrogen) atoms. The number of nitrogens with zero attached hydrogens (tertiary/aromatic N) is 4. The van der Waals surface area contributed by atoms with E-state index in [0.717, 1.165) is 11.3 Å². The Kier molecular flexibility index (Phi) is 6.05. The number of benzene rings is 2. The smallest absolute Gasteiger partial charge is 0.248 e. The van der Waals surface area contributed by atoms with Gasteiger partial charge in [-0.15, -0.1) is 10.2 Å². The van der Waals surface area contributed by atoms with E-state index < -0.39 is 0 Å². The monoisotopic (exact) mass is 431 g/mol. The quantitative estimate of drug-likeness (QED) is 0.431. The van der Waals surface area contributed by atoms with Crippen molar-refractivity contribution in [1.82, 2.24) is 20.0 Å². The summed E-state index contributed by atoms with van der Waals surface area (Å²) in [6.45, 7) is 1.91. The highest BCUT2D eigenvalue weighted by Crippen LogP contribution is 2.22. The predicted octanol–water partition coefficient (Wildman–Crippen LogP) is 5.07. The van der Waals surface area contributed by atoms with Crippen LogP contribution in [0.15, 0.2) is 79.0 Å². The first-order chi connectivity index (χ1) is 15.1. The lowest BCUT2D eigenvalue weighted by Crippen LogP contribution is -2.07. The highest BCUT2D eigenvalue weighted by molar-refractivity contribution is 6.32. The predicted molar refractivity (Wildman–Crippen MR) is 120 cm³/mol. The lowest BCUT2D eigenvalue weighted by molar-refractivity contribution is -0.111. The highest BCUT2D eigenvalue weighted by atomic mass is 35.5. The molecule has 0 aliphatic carbocycles. The first-order valence-electron chi connectivity index (χ1n) is 9.45. The first-order valence-corrected chi connectivity index (χ1v) is 9.82. The van der Waals surface area contributed by atoms with Crippen molar-refractivity contribution in [2.75, 3.05) is 5.32 Å². The minimum absolute atomic E-state index is 0.260. The third-order valence-corrected chi connectivity index (χ3v) is 4.59. The number of nitrogens with one attached hydrogen (secondary N) is 1. The second kappa shape index (κ2) is 9.23. The molecule has 1 amide bonds. The van der Waals surface area contributed by atoms with Gasteiger partial charge in [0.1, 0.15) is 5.75 Å². The number of amides is 1. The van der Waals surface area contributed by atoms with E-state index in [1.165, 1.54) is 6.08 Å². The van der Waals surface area contributed by atoms with Gasteiger partial charge < -0.3 is 10.1 Å². The molecule has 0 atom stereocenters. The van der Waals surface area contributed by atoms with Gasteiger partial charge in [0.2, 0.25) is 11.8 Å². The zero-order valence-electron chi connectivity index (χ0n) is 16.6. The van der Waals surface area contributed by atoms with Crippen molar-refractivity contribution in [2.24, 2.45) is 0 Å². The van der Waals surface area contributed by atoms with Gasteiger partial charge in [-0.3, -0.25) is 4.79 Å². The summed E-state index contributed by atoms with van der Waals surface area (Å²) in [7, 11) is 0. The summed E-state index contributed by atoms with van der Waals surface area (Å²) in [6, 6.07) is 19.6. The van der Waals surface area contributed by atoms with E-state index in [0.29, 0.717) is 28.2 Å². The third kappa shape index (κ3) is 5.34. The van der Waals surface area contributed by atoms with Crippen LogP contribution in [0.1, 0.15) is 11.3 Å². The van der Waals surface area contributed by atoms with Gasteiger partial charge in [-0.05, 0) is 61.0 Å². The molecule has 0 fully saturated rings. The second-order valence-electron chi connectivity index (χ2n) is 6.60. The SMILES string of the molecule is Cc1ccn(-c2ccc(Oc3ccc(NC(=O)/C=C/c4ccccc4Cl)cc3)nn2)n1. The molecule has 154 valence electrons. The fraction of sp³-hybridized carbons (Fsp3) is 0.0435. The third-order valence-electron chi connectivity index (χ3n) is 4.25. The van der Waals surface area contributed by atoms with Crippen molar-refractivity contribution < 1.29 is 9.53 Å². The molecule has 2 aromatic heterocycles. The van der Waals surface area contributed by atoms with Gasteiger partial charge in [-0.2, -0.15) is 5.10 Å². The number of carbonyl (C=O) groups excluding carboxylic acids is 1. The van der Waals surface area contributed by atoms with Crippen LogP contribution < -0.4 is 10.1 Å². The minimum Gasteiger partial charge on any atom is -0.438 e. The van der Waals surface area contributed by atoms with E-state index in [9.17, 15) is 4.79 Å². The van der Waals surface area contributed by atoms with Crippen molar-refractivity contribution in [1.29, 1.82) is 0 Å². The van der Waals surface area contributed by atoms with Crippen LogP contribution in [0.25, 0.3) is 11.9 Å². The summed E-state index contributed by atoms with van der Waals surface area (Å²) >= 11 is 6.08. The number of aryl methyl sites for hydroxylation is 1. The molecule has 0 radical (unpaired) electrons. The average Bonchev–Trinajstić information content (AvgIpc) is 3.21. The van der Waals surface area contributed by atoms with Gasteiger partial charge in [0.15, 0.2) is 5.82 Å². The highest BCUT2D eigenvalue weighted by Gasteiger charge is 2.05. The van der Waals surface area contributed by atoms with Crippen LogP contribution in [0, 0.1) is 6.92 Å². The van der Waals surface area contributed by atoms with E-state index in [4.69, 9.17) is 16.3 Å². The number of rotatable bonds is 6. The summed E-state index contributed by atoms with van der Waals surface area (Å²) in [5, 5.41) is 15.9. The van der Waals surface area contributed by atoms with Crippen LogP contribution in [-0.2, 0) is 4.79 Å². The largest absolute Gasteiger partial charge is 0.438 e. The fourth-order valence-corrected chi connectivity index (χ4v) is 2.92. The van der Waals surface area contributed by atoms with Gasteiger partial charge in [0.05, 0.1) is 5.69 Å². The number of aromatic nitrogens is 4. The van der Waals surface area contributed by atoms with Crippen LogP contribution in [0.3, 0.4) is 0 Å². The van der Waals surface area contributed by atoms with Crippen LogP contribution >= 0.6 is 11.6 Å². The Morgan fingerprint density at radius 2 is 1.84 bits per heavy atom. The molecule has 0 saturated heterocycles. The topological polar surface area (TPSA) is 81.9 Å². The molecule has 2 heterocycles. The van der Waals surface area contributed by atoms with Crippen molar-refractivity contribution in [3.05, 3.63) is 95.3 Å². The summed E-state index contributed by atoms with van der Waals surface area (Å²) in [6.07, 6.45) is 4.92. The number of ether oxygens (including phenoxy) is 1. The Morgan fingerprint density at radius 1 is 1.03 bits per heavy atom. The molecule has 7 nitrogen and oxygen atoms in total. The maximum absolute atomic E-state index is 12.1. The van der Waals surface area contributed by atoms with E-state index in [1.807, 2.05) is 37.4 Å². The standard InChI is InChI=1S/C23H18ClN5O2/c1-16-14-15-29(28-16)21-11-13-23(27-26-21)31-19-9-7-18(8-10-19)25-22(30)12-6-17-4-2-3-5-20(17)24/h2-15H,1H3,(H,25,30)/b12-6+. The molecule has 4 aromatic rings. The molecule has 0 saturated carbocycles. The average molecular weight is 432 g/mol. The zero-order chi connectivity index (χ0) is 21.6. The summed E-state index contributed by atoms with van der Waals surface area (Å²) in [5.41, 5.74) is 2.31. The number of carbonyl (C=O) groups is 1. The van der Waals surface area contributed by atoms with Crippen LogP contribution in [0.4, 0.5) is 5.69 Å². The molecular formula is C23H18ClN5O2. The lowest BCUT2D eigenvalue weighted by atomic mass is 10.2. The molecule has 0 aliphatic rings. The van der Waals surface area contributed by atoms with Gasteiger partial charge >= 0.3 is 0 Å². The summed E-state index contributed by atoms with van der Waals surface area (Å²) < 4.78 is 7.35. The zero-order valence-corrected chi connectivity index (χ0v) is 17.3. The molecule has 4 rings (SSSR count). The van der Waals surface area contributed by atoms with Crippen molar-refractivity contribution >= 4 is 29.3 Å². The normalized spacial score (nSPS) is 10.9. The molecule has 0 bridgehead atoms. The van der Waals surface area contributed by atoms with E-state index in [2.05, 4.69) is 20.6 Å². The van der Waals surface area contributed by atoms with Gasteiger partial charge in [-0.25, -0.2) is 4.68 Å². The lowest BCUT2D eigenvalue weighted by Gasteiger charge is -2.07. The van der Waals surface area contributed by atoms with Gasteiger partial charge in [0.25, 0.3) is 0 Å². The number of anilines is 1. The number of hydrogen-bond acceptors (Lipinski definition) is 5. The van der Waals surface area contributed by atoms with Gasteiger partial charge in [0, 0.05) is 29.0 Å². The molecule has 0 unspecified atom stereocenters. The van der Waals surface area contributed by atoms with E-state index in [-0.39, 0.29) is 5.91 Å². The molecular weight excluding hydrogens is 414 g/mol. The van der Waals surface area contributed by atoms with E-state index in [1.54, 1.807) is 53.2 Å². The molecule has 1 N–H and O–H groups in total. The molecule has 0 spiro atoms. The molecule has 2 aromatic carbocycles. The van der Waals surface area contributed by atoms with Crippen LogP contribution in [-0.4, -0.2) is 25.9 Å². The van der Waals surface area contributed by atoms with E-state index >= 15 is 0 Å². The first kappa shape index (κ1) is 20.3. The van der Waals surface area contributed by atoms with Crippen molar-refractivity contribution in [3.8, 4) is 17.4 Å². The van der Waals surface area contributed by atoms with Crippen LogP contribution in [0.2, 0.25) is 5.02 Å². The maximum Gasteiger partial charge on any atom is 0.248 e. The van der Waals surface area contributed by atoms with Crippen molar-refractivity contribution in [3.63, 3.8) is 0 Å². The second-order valence-corrected chi connectivity index (χ2v) is 7.01. The maximum atomic E-state index is 12.1. The summed E-state index contributed by atoms with van der Waals surface area (Å²) in [4.78, 5) is 12.1. The summed E-state index contributed by atoms with van der Waals surface area (Å²) in [5.74, 6) is 1.26. The number of halogens is 1. The fourth-order valence-electron chi connectivity index (χ4n) is 2.72. The Bertz CT molecular complexity index is 1220. The molecule has 8 heteroatoms. The van der Waals surface area contributed by atoms with Crippen LogP contribution in [0.5, 0.6) is 11.6 Å².